The van der Waals surface area contributed by atoms with Crippen molar-refractivity contribution in [2.75, 3.05) is 18.5 Å². The minimum absolute atomic E-state index is 0.735. The van der Waals surface area contributed by atoms with Gasteiger partial charge in [-0.25, -0.2) is 0 Å². The van der Waals surface area contributed by atoms with Crippen molar-refractivity contribution in [3.05, 3.63) is 59.4 Å². The van der Waals surface area contributed by atoms with Crippen molar-refractivity contribution in [3.63, 3.8) is 0 Å². The van der Waals surface area contributed by atoms with Gasteiger partial charge in [0.2, 0.25) is 0 Å². The number of rotatable bonds is 2. The predicted molar refractivity (Wildman–Crippen MR) is 86.7 cm³/mol. The van der Waals surface area contributed by atoms with Gasteiger partial charge < -0.3 is 10.2 Å². The Bertz CT molecular complexity index is 646. The zero-order chi connectivity index (χ0) is 14.7. The van der Waals surface area contributed by atoms with E-state index in [9.17, 15) is 0 Å². The molecule has 1 aromatic heterocycles. The quantitative estimate of drug-likeness (QED) is 0.679. The second kappa shape index (κ2) is 5.95. The zero-order valence-electron chi connectivity index (χ0n) is 12.5. The summed E-state index contributed by atoms with van der Waals surface area (Å²) in [5, 5.41) is 3.42. The van der Waals surface area contributed by atoms with Crippen LogP contribution in [0.4, 0.5) is 5.69 Å². The molecule has 108 valence electrons. The lowest BCUT2D eigenvalue weighted by Gasteiger charge is -2.22. The molecule has 0 bridgehead atoms. The molecular weight excluding hydrogens is 260 g/mol. The number of fused-ring (bicyclic) bond motifs is 1. The van der Waals surface area contributed by atoms with E-state index in [1.807, 2.05) is 26.2 Å². The highest BCUT2D eigenvalue weighted by Crippen LogP contribution is 2.27. The van der Waals surface area contributed by atoms with E-state index >= 15 is 0 Å². The van der Waals surface area contributed by atoms with Crippen molar-refractivity contribution >= 4 is 11.6 Å². The number of aryl methyl sites for hydroxylation is 1. The molecule has 1 aliphatic rings. The SMILES string of the molecule is CN=C(NCc1ccc(C)nc1)N1CCc2ccccc21. The summed E-state index contributed by atoms with van der Waals surface area (Å²) in [5.74, 6) is 0.917. The van der Waals surface area contributed by atoms with Gasteiger partial charge in [-0.2, -0.15) is 0 Å². The number of nitrogens with one attached hydrogen (secondary N) is 1. The fourth-order valence-corrected chi connectivity index (χ4v) is 2.64. The lowest BCUT2D eigenvalue weighted by Crippen LogP contribution is -2.40. The minimum atomic E-state index is 0.735. The predicted octanol–water partition coefficient (Wildman–Crippen LogP) is 2.53. The largest absolute Gasteiger partial charge is 0.352 e. The molecule has 0 saturated carbocycles. The Labute approximate surface area is 125 Å². The summed E-state index contributed by atoms with van der Waals surface area (Å²) in [5.41, 5.74) is 4.84. The summed E-state index contributed by atoms with van der Waals surface area (Å²) in [4.78, 5) is 11.0. The average molecular weight is 280 g/mol. The van der Waals surface area contributed by atoms with E-state index in [0.717, 1.165) is 36.7 Å². The van der Waals surface area contributed by atoms with Gasteiger partial charge in [-0.15, -0.1) is 0 Å². The number of benzene rings is 1. The lowest BCUT2D eigenvalue weighted by molar-refractivity contribution is 0.861. The van der Waals surface area contributed by atoms with Crippen molar-refractivity contribution < 1.29 is 0 Å². The van der Waals surface area contributed by atoms with Crippen molar-refractivity contribution in [3.8, 4) is 0 Å². The van der Waals surface area contributed by atoms with Crippen LogP contribution in [0.1, 0.15) is 16.8 Å². The molecule has 2 heterocycles. The van der Waals surface area contributed by atoms with Crippen molar-refractivity contribution in [2.45, 2.75) is 19.9 Å². The summed E-state index contributed by atoms with van der Waals surface area (Å²) < 4.78 is 0. The van der Waals surface area contributed by atoms with Gasteiger partial charge in [-0.05, 0) is 36.6 Å². The number of para-hydroxylation sites is 1. The third-order valence-corrected chi connectivity index (χ3v) is 3.78. The fourth-order valence-electron chi connectivity index (χ4n) is 2.64. The minimum Gasteiger partial charge on any atom is -0.352 e. The summed E-state index contributed by atoms with van der Waals surface area (Å²) >= 11 is 0. The molecular formula is C17H20N4. The normalized spacial score (nSPS) is 14.2. The first kappa shape index (κ1) is 13.6. The molecule has 0 amide bonds. The first-order valence-corrected chi connectivity index (χ1v) is 7.25. The molecule has 1 N–H and O–H groups in total. The van der Waals surface area contributed by atoms with Gasteiger partial charge in [0.15, 0.2) is 5.96 Å². The topological polar surface area (TPSA) is 40.5 Å². The van der Waals surface area contributed by atoms with Crippen LogP contribution in [0.25, 0.3) is 0 Å². The maximum absolute atomic E-state index is 4.41. The number of aromatic nitrogens is 1. The Morgan fingerprint density at radius 2 is 2.14 bits per heavy atom. The summed E-state index contributed by atoms with van der Waals surface area (Å²) in [6, 6.07) is 12.6. The third kappa shape index (κ3) is 2.89. The van der Waals surface area contributed by atoms with Crippen LogP contribution in [0.15, 0.2) is 47.6 Å². The Balaban J connectivity index is 1.71. The van der Waals surface area contributed by atoms with Gasteiger partial charge in [0.1, 0.15) is 0 Å². The third-order valence-electron chi connectivity index (χ3n) is 3.78. The second-order valence-electron chi connectivity index (χ2n) is 5.24. The molecule has 0 aliphatic carbocycles. The van der Waals surface area contributed by atoms with E-state index in [1.165, 1.54) is 11.3 Å². The highest BCUT2D eigenvalue weighted by atomic mass is 15.3. The molecule has 0 atom stereocenters. The molecule has 0 radical (unpaired) electrons. The van der Waals surface area contributed by atoms with Gasteiger partial charge in [-0.3, -0.25) is 9.98 Å². The van der Waals surface area contributed by atoms with Crippen molar-refractivity contribution in [1.29, 1.82) is 0 Å². The van der Waals surface area contributed by atoms with E-state index in [1.54, 1.807) is 0 Å². The molecule has 3 rings (SSSR count). The number of nitrogens with zero attached hydrogens (tertiary/aromatic N) is 3. The Morgan fingerprint density at radius 3 is 2.90 bits per heavy atom. The van der Waals surface area contributed by atoms with Crippen LogP contribution in [-0.2, 0) is 13.0 Å². The van der Waals surface area contributed by atoms with Crippen LogP contribution < -0.4 is 10.2 Å². The molecule has 1 aliphatic heterocycles. The highest BCUT2D eigenvalue weighted by Gasteiger charge is 2.22. The maximum Gasteiger partial charge on any atom is 0.198 e. The van der Waals surface area contributed by atoms with Gasteiger partial charge in [-0.1, -0.05) is 24.3 Å². The van der Waals surface area contributed by atoms with Gasteiger partial charge in [0, 0.05) is 37.7 Å². The summed E-state index contributed by atoms with van der Waals surface area (Å²) in [6.07, 6.45) is 2.98. The van der Waals surface area contributed by atoms with Crippen molar-refractivity contribution in [1.82, 2.24) is 10.3 Å². The molecule has 2 aromatic rings. The highest BCUT2D eigenvalue weighted by molar-refractivity contribution is 5.97. The number of aliphatic imine (C=N–C) groups is 1. The number of guanidine groups is 1. The van der Waals surface area contributed by atoms with E-state index in [0.29, 0.717) is 0 Å². The fraction of sp³-hybridized carbons (Fsp3) is 0.294. The standard InChI is InChI=1S/C17H20N4/c1-13-7-8-14(11-19-13)12-20-17(18-2)21-10-9-15-5-3-4-6-16(15)21/h3-8,11H,9-10,12H2,1-2H3,(H,18,20). The summed E-state index contributed by atoms with van der Waals surface area (Å²) in [7, 11) is 1.83. The van der Waals surface area contributed by atoms with E-state index in [4.69, 9.17) is 0 Å². The second-order valence-corrected chi connectivity index (χ2v) is 5.24. The monoisotopic (exact) mass is 280 g/mol. The molecule has 0 saturated heterocycles. The Hall–Kier alpha value is -2.36. The van der Waals surface area contributed by atoms with Gasteiger partial charge in [0.25, 0.3) is 0 Å². The first-order valence-electron chi connectivity index (χ1n) is 7.25. The number of hydrogen-bond acceptors (Lipinski definition) is 2. The van der Waals surface area contributed by atoms with E-state index in [2.05, 4.69) is 50.5 Å². The summed E-state index contributed by atoms with van der Waals surface area (Å²) in [6.45, 7) is 3.71. The molecule has 0 unspecified atom stereocenters. The number of pyridine rings is 1. The molecule has 4 nitrogen and oxygen atoms in total. The van der Waals surface area contributed by atoms with Gasteiger partial charge in [0.05, 0.1) is 0 Å². The average Bonchev–Trinajstić information content (AvgIpc) is 2.94. The maximum atomic E-state index is 4.41. The van der Waals surface area contributed by atoms with E-state index in [-0.39, 0.29) is 0 Å². The molecule has 0 spiro atoms. The number of anilines is 1. The Morgan fingerprint density at radius 1 is 1.29 bits per heavy atom. The molecule has 21 heavy (non-hydrogen) atoms. The molecule has 1 aromatic carbocycles. The first-order chi connectivity index (χ1) is 10.3. The zero-order valence-corrected chi connectivity index (χ0v) is 12.5. The van der Waals surface area contributed by atoms with Crippen LogP contribution in [0.2, 0.25) is 0 Å². The van der Waals surface area contributed by atoms with Crippen molar-refractivity contribution in [2.24, 2.45) is 4.99 Å². The molecule has 0 fully saturated rings. The van der Waals surface area contributed by atoms with E-state index < -0.39 is 0 Å². The van der Waals surface area contributed by atoms with Crippen LogP contribution in [0.5, 0.6) is 0 Å². The van der Waals surface area contributed by atoms with Crippen LogP contribution in [-0.4, -0.2) is 24.5 Å². The smallest absolute Gasteiger partial charge is 0.198 e. The van der Waals surface area contributed by atoms with Crippen LogP contribution in [0, 0.1) is 6.92 Å². The molecule has 4 heteroatoms. The van der Waals surface area contributed by atoms with Gasteiger partial charge >= 0.3 is 0 Å². The Kier molecular flexibility index (Phi) is 3.86. The lowest BCUT2D eigenvalue weighted by atomic mass is 10.2. The van der Waals surface area contributed by atoms with Crippen LogP contribution >= 0.6 is 0 Å². The van der Waals surface area contributed by atoms with Crippen LogP contribution in [0.3, 0.4) is 0 Å². The number of hydrogen-bond donors (Lipinski definition) is 1.